The lowest BCUT2D eigenvalue weighted by atomic mass is 9.67. The van der Waals surface area contributed by atoms with Crippen LogP contribution >= 0.6 is 0 Å². The Labute approximate surface area is 118 Å². The molecule has 1 heterocycles. The summed E-state index contributed by atoms with van der Waals surface area (Å²) in [4.78, 5) is 11.0. The number of esters is 1. The van der Waals surface area contributed by atoms with Crippen LogP contribution in [0.25, 0.3) is 10.9 Å². The van der Waals surface area contributed by atoms with E-state index in [-0.39, 0.29) is 11.9 Å². The molecular formula is C17H19NO2. The van der Waals surface area contributed by atoms with Gasteiger partial charge < -0.3 is 9.30 Å². The average molecular weight is 269 g/mol. The van der Waals surface area contributed by atoms with Gasteiger partial charge in [0.25, 0.3) is 0 Å². The van der Waals surface area contributed by atoms with Crippen molar-refractivity contribution < 1.29 is 9.53 Å². The van der Waals surface area contributed by atoms with Crippen LogP contribution < -0.4 is 0 Å². The third kappa shape index (κ3) is 2.13. The molecule has 3 heteroatoms. The SMILES string of the molecule is C=C1C[C@H](c2ccc3c(ccn3C)c2)[C@H]1COC(C)=O. The molecule has 0 N–H and O–H groups in total. The molecule has 104 valence electrons. The molecule has 1 aromatic heterocycles. The molecule has 0 amide bonds. The van der Waals surface area contributed by atoms with Gasteiger partial charge in [-0.05, 0) is 41.5 Å². The Morgan fingerprint density at radius 1 is 1.45 bits per heavy atom. The largest absolute Gasteiger partial charge is 0.465 e. The number of hydrogen-bond acceptors (Lipinski definition) is 2. The highest BCUT2D eigenvalue weighted by Gasteiger charge is 2.36. The van der Waals surface area contributed by atoms with Crippen molar-refractivity contribution in [3.8, 4) is 0 Å². The van der Waals surface area contributed by atoms with Gasteiger partial charge in [0.2, 0.25) is 0 Å². The van der Waals surface area contributed by atoms with Gasteiger partial charge in [0.15, 0.2) is 0 Å². The van der Waals surface area contributed by atoms with E-state index in [9.17, 15) is 4.79 Å². The predicted molar refractivity (Wildman–Crippen MR) is 79.5 cm³/mol. The number of benzene rings is 1. The maximum Gasteiger partial charge on any atom is 0.302 e. The van der Waals surface area contributed by atoms with Gasteiger partial charge in [0.05, 0.1) is 6.61 Å². The maximum atomic E-state index is 11.0. The number of aryl methyl sites for hydroxylation is 1. The molecule has 2 atom stereocenters. The number of nitrogens with zero attached hydrogens (tertiary/aromatic N) is 1. The van der Waals surface area contributed by atoms with Gasteiger partial charge >= 0.3 is 5.97 Å². The van der Waals surface area contributed by atoms with E-state index < -0.39 is 0 Å². The molecule has 0 unspecified atom stereocenters. The first-order valence-electron chi connectivity index (χ1n) is 6.92. The summed E-state index contributed by atoms with van der Waals surface area (Å²) < 4.78 is 7.28. The zero-order valence-electron chi connectivity index (χ0n) is 11.9. The quantitative estimate of drug-likeness (QED) is 0.631. The molecule has 0 saturated heterocycles. The number of fused-ring (bicyclic) bond motifs is 1. The summed E-state index contributed by atoms with van der Waals surface area (Å²) >= 11 is 0. The van der Waals surface area contributed by atoms with Crippen LogP contribution in [0.2, 0.25) is 0 Å². The standard InChI is InChI=1S/C17H19NO2/c1-11-8-15(16(11)10-20-12(2)19)13-4-5-17-14(9-13)6-7-18(17)3/h4-7,9,15-16H,1,8,10H2,2-3H3/t15-,16+/m1/s1. The third-order valence-corrected chi connectivity index (χ3v) is 4.30. The lowest BCUT2D eigenvalue weighted by Crippen LogP contribution is -2.31. The lowest BCUT2D eigenvalue weighted by molar-refractivity contribution is -0.142. The van der Waals surface area contributed by atoms with Crippen molar-refractivity contribution in [2.75, 3.05) is 6.61 Å². The van der Waals surface area contributed by atoms with E-state index in [0.717, 1.165) is 6.42 Å². The smallest absolute Gasteiger partial charge is 0.302 e. The molecule has 2 aromatic rings. The second-order valence-electron chi connectivity index (χ2n) is 5.62. The maximum absolute atomic E-state index is 11.0. The van der Waals surface area contributed by atoms with E-state index in [2.05, 4.69) is 48.7 Å². The average Bonchev–Trinajstić information content (AvgIpc) is 2.76. The van der Waals surface area contributed by atoms with Crippen LogP contribution in [0.4, 0.5) is 0 Å². The molecule has 1 aliphatic carbocycles. The van der Waals surface area contributed by atoms with Crippen molar-refractivity contribution in [3.05, 3.63) is 48.2 Å². The van der Waals surface area contributed by atoms with E-state index in [0.29, 0.717) is 12.5 Å². The van der Waals surface area contributed by atoms with E-state index >= 15 is 0 Å². The number of aromatic nitrogens is 1. The number of carbonyl (C=O) groups excluding carboxylic acids is 1. The molecule has 0 aliphatic heterocycles. The first-order valence-corrected chi connectivity index (χ1v) is 6.92. The summed E-state index contributed by atoms with van der Waals surface area (Å²) in [6.45, 7) is 5.97. The summed E-state index contributed by atoms with van der Waals surface area (Å²) in [6, 6.07) is 8.72. The minimum atomic E-state index is -0.220. The van der Waals surface area contributed by atoms with Gasteiger partial charge in [-0.1, -0.05) is 18.2 Å². The molecule has 3 nitrogen and oxygen atoms in total. The second kappa shape index (κ2) is 4.82. The summed E-state index contributed by atoms with van der Waals surface area (Å²) in [5.41, 5.74) is 3.74. The summed E-state index contributed by atoms with van der Waals surface area (Å²) in [5.74, 6) is 0.466. The topological polar surface area (TPSA) is 31.2 Å². The molecule has 0 bridgehead atoms. The zero-order valence-corrected chi connectivity index (χ0v) is 11.9. The van der Waals surface area contributed by atoms with Crippen LogP contribution in [0.1, 0.15) is 24.8 Å². The highest BCUT2D eigenvalue weighted by Crippen LogP contribution is 2.46. The summed E-state index contributed by atoms with van der Waals surface area (Å²) in [6.07, 6.45) is 3.06. The van der Waals surface area contributed by atoms with E-state index in [1.807, 2.05) is 0 Å². The van der Waals surface area contributed by atoms with Crippen molar-refractivity contribution in [2.24, 2.45) is 13.0 Å². The van der Waals surface area contributed by atoms with Crippen molar-refractivity contribution >= 4 is 16.9 Å². The predicted octanol–water partition coefficient (Wildman–Crippen LogP) is 3.40. The van der Waals surface area contributed by atoms with Crippen LogP contribution in [0, 0.1) is 5.92 Å². The molecule has 0 spiro atoms. The normalized spacial score (nSPS) is 21.8. The van der Waals surface area contributed by atoms with E-state index in [1.54, 1.807) is 0 Å². The summed E-state index contributed by atoms with van der Waals surface area (Å²) in [5, 5.41) is 1.26. The Hall–Kier alpha value is -2.03. The van der Waals surface area contributed by atoms with Crippen molar-refractivity contribution in [3.63, 3.8) is 0 Å². The fourth-order valence-corrected chi connectivity index (χ4v) is 3.02. The zero-order chi connectivity index (χ0) is 14.3. The van der Waals surface area contributed by atoms with Crippen LogP contribution in [-0.4, -0.2) is 17.1 Å². The summed E-state index contributed by atoms with van der Waals surface area (Å²) in [7, 11) is 2.05. The Kier molecular flexibility index (Phi) is 3.13. The van der Waals surface area contributed by atoms with Gasteiger partial charge in [-0.3, -0.25) is 4.79 Å². The van der Waals surface area contributed by atoms with Crippen LogP contribution in [0.3, 0.4) is 0 Å². The highest BCUT2D eigenvalue weighted by atomic mass is 16.5. The first kappa shape index (κ1) is 13.0. The number of ether oxygens (including phenoxy) is 1. The van der Waals surface area contributed by atoms with Gasteiger partial charge in [-0.2, -0.15) is 0 Å². The molecule has 0 radical (unpaired) electrons. The van der Waals surface area contributed by atoms with Crippen molar-refractivity contribution in [2.45, 2.75) is 19.3 Å². The molecule has 1 aromatic carbocycles. The first-order chi connectivity index (χ1) is 9.56. The Morgan fingerprint density at radius 3 is 2.95 bits per heavy atom. The van der Waals surface area contributed by atoms with Gasteiger partial charge in [0, 0.05) is 31.6 Å². The van der Waals surface area contributed by atoms with E-state index in [4.69, 9.17) is 4.74 Å². The van der Waals surface area contributed by atoms with E-state index in [1.165, 1.54) is 29.0 Å². The molecule has 1 saturated carbocycles. The fourth-order valence-electron chi connectivity index (χ4n) is 3.02. The van der Waals surface area contributed by atoms with Gasteiger partial charge in [0.1, 0.15) is 0 Å². The highest BCUT2D eigenvalue weighted by molar-refractivity contribution is 5.81. The van der Waals surface area contributed by atoms with Crippen molar-refractivity contribution in [1.29, 1.82) is 0 Å². The lowest BCUT2D eigenvalue weighted by Gasteiger charge is -2.39. The molecule has 3 rings (SSSR count). The number of rotatable bonds is 3. The van der Waals surface area contributed by atoms with Crippen molar-refractivity contribution in [1.82, 2.24) is 4.57 Å². The minimum absolute atomic E-state index is 0.220. The Balaban J connectivity index is 1.83. The van der Waals surface area contributed by atoms with Crippen LogP contribution in [0.15, 0.2) is 42.6 Å². The molecule has 1 fully saturated rings. The monoisotopic (exact) mass is 269 g/mol. The molecular weight excluding hydrogens is 250 g/mol. The second-order valence-corrected chi connectivity index (χ2v) is 5.62. The number of hydrogen-bond donors (Lipinski definition) is 0. The fraction of sp³-hybridized carbons (Fsp3) is 0.353. The molecule has 1 aliphatic rings. The van der Waals surface area contributed by atoms with Crippen LogP contribution in [-0.2, 0) is 16.6 Å². The minimum Gasteiger partial charge on any atom is -0.465 e. The molecule has 20 heavy (non-hydrogen) atoms. The Bertz CT molecular complexity index is 683. The van der Waals surface area contributed by atoms with Gasteiger partial charge in [-0.25, -0.2) is 0 Å². The van der Waals surface area contributed by atoms with Gasteiger partial charge in [-0.15, -0.1) is 0 Å². The number of carbonyl (C=O) groups is 1. The van der Waals surface area contributed by atoms with Crippen LogP contribution in [0.5, 0.6) is 0 Å². The Morgan fingerprint density at radius 2 is 2.25 bits per heavy atom. The third-order valence-electron chi connectivity index (χ3n) is 4.30.